The summed E-state index contributed by atoms with van der Waals surface area (Å²) in [7, 11) is 3.12. The Bertz CT molecular complexity index is 1040. The van der Waals surface area contributed by atoms with Crippen LogP contribution in [0.4, 0.5) is 0 Å². The highest BCUT2D eigenvalue weighted by molar-refractivity contribution is 14.1. The van der Waals surface area contributed by atoms with Crippen LogP contribution in [-0.4, -0.2) is 45.1 Å². The predicted octanol–water partition coefficient (Wildman–Crippen LogP) is 2.94. The van der Waals surface area contributed by atoms with E-state index in [1.165, 1.54) is 6.21 Å². The van der Waals surface area contributed by atoms with E-state index in [-0.39, 0.29) is 12.7 Å². The summed E-state index contributed by atoms with van der Waals surface area (Å²) in [5.74, 6) is 1.28. The molecule has 0 fully saturated rings. The Morgan fingerprint density at radius 2 is 1.88 bits per heavy atom. The van der Waals surface area contributed by atoms with Gasteiger partial charge in [0.25, 0.3) is 11.8 Å². The smallest absolute Gasteiger partial charge is 0.262 e. The fourth-order valence-corrected chi connectivity index (χ4v) is 3.90. The lowest BCUT2D eigenvalue weighted by Crippen LogP contribution is -2.48. The number of nitrogens with zero attached hydrogens (tertiary/aromatic N) is 1. The van der Waals surface area contributed by atoms with Crippen molar-refractivity contribution in [2.24, 2.45) is 11.0 Å². The third kappa shape index (κ3) is 5.42. The van der Waals surface area contributed by atoms with Crippen molar-refractivity contribution in [3.05, 3.63) is 45.0 Å². The van der Waals surface area contributed by atoms with Gasteiger partial charge in [-0.15, -0.1) is 0 Å². The van der Waals surface area contributed by atoms with Gasteiger partial charge in [-0.05, 0) is 64.4 Å². The number of carbonyl (C=O) groups excluding carboxylic acids is 2. The molecule has 2 aromatic carbocycles. The molecular formula is C22H24IN3O6. The van der Waals surface area contributed by atoms with Gasteiger partial charge in [0.2, 0.25) is 6.79 Å². The molecule has 0 saturated carbocycles. The van der Waals surface area contributed by atoms with Gasteiger partial charge in [-0.2, -0.15) is 5.10 Å². The Morgan fingerprint density at radius 1 is 1.12 bits per heavy atom. The molecule has 2 amide bonds. The van der Waals surface area contributed by atoms with E-state index < -0.39 is 17.9 Å². The number of fused-ring (bicyclic) bond motifs is 1. The molecule has 1 heterocycles. The van der Waals surface area contributed by atoms with Gasteiger partial charge in [0.1, 0.15) is 6.04 Å². The predicted molar refractivity (Wildman–Crippen MR) is 127 cm³/mol. The zero-order valence-electron chi connectivity index (χ0n) is 18.1. The van der Waals surface area contributed by atoms with Gasteiger partial charge in [0.05, 0.1) is 24.0 Å². The molecule has 0 radical (unpaired) electrons. The fourth-order valence-electron chi connectivity index (χ4n) is 3.05. The molecule has 1 aliphatic rings. The average Bonchev–Trinajstić information content (AvgIpc) is 3.24. The summed E-state index contributed by atoms with van der Waals surface area (Å²) in [4.78, 5) is 25.4. The van der Waals surface area contributed by atoms with E-state index in [9.17, 15) is 9.59 Å². The summed E-state index contributed by atoms with van der Waals surface area (Å²) in [6.45, 7) is 3.80. The van der Waals surface area contributed by atoms with Gasteiger partial charge >= 0.3 is 0 Å². The van der Waals surface area contributed by atoms with Crippen LogP contribution in [0.2, 0.25) is 0 Å². The van der Waals surface area contributed by atoms with Crippen LogP contribution in [0.25, 0.3) is 0 Å². The first-order chi connectivity index (χ1) is 15.3. The van der Waals surface area contributed by atoms with Crippen LogP contribution in [-0.2, 0) is 4.79 Å². The minimum atomic E-state index is -0.782. The van der Waals surface area contributed by atoms with Crippen LogP contribution in [0.15, 0.2) is 35.4 Å². The minimum absolute atomic E-state index is 0.120. The Hall–Kier alpha value is -3.02. The van der Waals surface area contributed by atoms with Crippen molar-refractivity contribution in [3.8, 4) is 23.0 Å². The summed E-state index contributed by atoms with van der Waals surface area (Å²) in [6, 6.07) is 7.68. The first-order valence-corrected chi connectivity index (χ1v) is 10.9. The van der Waals surface area contributed by atoms with Crippen LogP contribution in [0.1, 0.15) is 29.8 Å². The maximum atomic E-state index is 12.7. The summed E-state index contributed by atoms with van der Waals surface area (Å²) >= 11 is 2.13. The van der Waals surface area contributed by atoms with Crippen LogP contribution in [0.5, 0.6) is 23.0 Å². The van der Waals surface area contributed by atoms with Crippen LogP contribution in [0.3, 0.4) is 0 Å². The Labute approximate surface area is 199 Å². The minimum Gasteiger partial charge on any atom is -0.493 e. The summed E-state index contributed by atoms with van der Waals surface area (Å²) in [5, 5.41) is 6.79. The number of carbonyl (C=O) groups is 2. The number of ether oxygens (including phenoxy) is 4. The second kappa shape index (κ2) is 10.5. The lowest BCUT2D eigenvalue weighted by molar-refractivity contribution is -0.123. The molecule has 0 saturated heterocycles. The Kier molecular flexibility index (Phi) is 7.78. The summed E-state index contributed by atoms with van der Waals surface area (Å²) in [5.41, 5.74) is 3.58. The van der Waals surface area contributed by atoms with Gasteiger partial charge in [0.15, 0.2) is 23.0 Å². The van der Waals surface area contributed by atoms with Crippen molar-refractivity contribution >= 4 is 40.6 Å². The van der Waals surface area contributed by atoms with Gasteiger partial charge in [-0.3, -0.25) is 9.59 Å². The first kappa shape index (κ1) is 23.6. The SMILES string of the molecule is COc1cc(C=NNC(=O)C(NC(=O)c2ccc3c(c2)OCO3)C(C)C)cc(I)c1OC. The number of amides is 2. The third-order valence-corrected chi connectivity index (χ3v) is 5.52. The van der Waals surface area contributed by atoms with Gasteiger partial charge in [-0.1, -0.05) is 13.8 Å². The molecule has 3 rings (SSSR count). The fraction of sp³-hybridized carbons (Fsp3) is 0.318. The van der Waals surface area contributed by atoms with Crippen molar-refractivity contribution in [3.63, 3.8) is 0 Å². The van der Waals surface area contributed by atoms with Crippen LogP contribution < -0.4 is 29.7 Å². The van der Waals surface area contributed by atoms with Gasteiger partial charge in [0, 0.05) is 5.56 Å². The summed E-state index contributed by atoms with van der Waals surface area (Å²) < 4.78 is 22.0. The van der Waals surface area contributed by atoms with E-state index >= 15 is 0 Å². The third-order valence-electron chi connectivity index (χ3n) is 4.71. The lowest BCUT2D eigenvalue weighted by Gasteiger charge is -2.20. The largest absolute Gasteiger partial charge is 0.493 e. The number of rotatable bonds is 8. The van der Waals surface area contributed by atoms with Crippen molar-refractivity contribution in [2.45, 2.75) is 19.9 Å². The van der Waals surface area contributed by atoms with Crippen LogP contribution >= 0.6 is 22.6 Å². The van der Waals surface area contributed by atoms with Gasteiger partial charge < -0.3 is 24.3 Å². The van der Waals surface area contributed by atoms with E-state index in [4.69, 9.17) is 18.9 Å². The number of methoxy groups -OCH3 is 2. The number of nitrogens with one attached hydrogen (secondary N) is 2. The van der Waals surface area contributed by atoms with Crippen molar-refractivity contribution in [1.29, 1.82) is 0 Å². The molecule has 1 aliphatic heterocycles. The van der Waals surface area contributed by atoms with Crippen molar-refractivity contribution < 1.29 is 28.5 Å². The molecule has 0 aliphatic carbocycles. The van der Waals surface area contributed by atoms with Crippen molar-refractivity contribution in [1.82, 2.24) is 10.7 Å². The molecule has 10 heteroatoms. The molecule has 0 bridgehead atoms. The second-order valence-electron chi connectivity index (χ2n) is 7.24. The first-order valence-electron chi connectivity index (χ1n) is 9.79. The van der Waals surface area contributed by atoms with E-state index in [1.807, 2.05) is 19.9 Å². The monoisotopic (exact) mass is 553 g/mol. The number of hydrogen-bond donors (Lipinski definition) is 2. The van der Waals surface area contributed by atoms with E-state index in [0.717, 1.165) is 9.13 Å². The lowest BCUT2D eigenvalue weighted by atomic mass is 10.0. The number of hydrogen-bond acceptors (Lipinski definition) is 7. The van der Waals surface area contributed by atoms with E-state index in [2.05, 4.69) is 38.4 Å². The molecule has 9 nitrogen and oxygen atoms in total. The highest BCUT2D eigenvalue weighted by atomic mass is 127. The highest BCUT2D eigenvalue weighted by Gasteiger charge is 2.25. The van der Waals surface area contributed by atoms with Gasteiger partial charge in [-0.25, -0.2) is 5.43 Å². The molecule has 0 spiro atoms. The number of halogens is 1. The quantitative estimate of drug-likeness (QED) is 0.296. The molecule has 1 unspecified atom stereocenters. The maximum Gasteiger partial charge on any atom is 0.262 e. The Balaban J connectivity index is 1.66. The molecule has 1 atom stereocenters. The summed E-state index contributed by atoms with van der Waals surface area (Å²) in [6.07, 6.45) is 1.50. The molecule has 2 N–H and O–H groups in total. The average molecular weight is 553 g/mol. The normalized spacial score (nSPS) is 13.2. The molecule has 2 aromatic rings. The second-order valence-corrected chi connectivity index (χ2v) is 8.40. The van der Waals surface area contributed by atoms with Crippen molar-refractivity contribution in [2.75, 3.05) is 21.0 Å². The maximum absolute atomic E-state index is 12.7. The molecule has 0 aromatic heterocycles. The van der Waals surface area contributed by atoms with E-state index in [1.54, 1.807) is 38.5 Å². The number of hydrazone groups is 1. The molecular weight excluding hydrogens is 529 g/mol. The number of benzene rings is 2. The van der Waals surface area contributed by atoms with Crippen LogP contribution in [0, 0.1) is 9.49 Å². The zero-order valence-corrected chi connectivity index (χ0v) is 20.3. The highest BCUT2D eigenvalue weighted by Crippen LogP contribution is 2.33. The topological polar surface area (TPSA) is 107 Å². The Morgan fingerprint density at radius 3 is 2.56 bits per heavy atom. The molecule has 32 heavy (non-hydrogen) atoms. The zero-order chi connectivity index (χ0) is 23.3. The van der Waals surface area contributed by atoms with E-state index in [0.29, 0.717) is 28.6 Å². The standard InChI is InChI=1S/C22H24IN3O6/c1-12(2)19(25-21(27)14-5-6-16-17(9-14)32-11-31-16)22(28)26-24-10-13-7-15(23)20(30-4)18(8-13)29-3/h5-10,12,19H,11H2,1-4H3,(H,25,27)(H,26,28). The molecule has 170 valence electrons.